The SMILES string of the molecule is O=C(Nc1ccc(Cl)c(S(=O)(=O)C2CCCNC2)c1O)NC1CCCc2occc21. The molecule has 1 aliphatic heterocycles. The van der Waals surface area contributed by atoms with Crippen LogP contribution in [0.15, 0.2) is 33.8 Å². The van der Waals surface area contributed by atoms with Crippen LogP contribution in [0, 0.1) is 0 Å². The molecule has 0 radical (unpaired) electrons. The first-order valence-corrected chi connectivity index (χ1v) is 11.9. The molecule has 2 aromatic rings. The van der Waals surface area contributed by atoms with Crippen LogP contribution in [-0.2, 0) is 16.3 Å². The van der Waals surface area contributed by atoms with Gasteiger partial charge in [-0.15, -0.1) is 0 Å². The Bertz CT molecular complexity index is 1050. The van der Waals surface area contributed by atoms with Crippen molar-refractivity contribution in [3.8, 4) is 5.75 Å². The average molecular weight is 454 g/mol. The van der Waals surface area contributed by atoms with Crippen molar-refractivity contribution in [1.29, 1.82) is 0 Å². The summed E-state index contributed by atoms with van der Waals surface area (Å²) in [6.45, 7) is 1.05. The fourth-order valence-electron chi connectivity index (χ4n) is 4.12. The number of benzene rings is 1. The molecule has 2 amide bonds. The molecule has 10 heteroatoms. The summed E-state index contributed by atoms with van der Waals surface area (Å²) in [5, 5.41) is 18.4. The van der Waals surface area contributed by atoms with E-state index in [4.69, 9.17) is 16.0 Å². The summed E-state index contributed by atoms with van der Waals surface area (Å²) in [4.78, 5) is 12.2. The summed E-state index contributed by atoms with van der Waals surface area (Å²) in [6, 6.07) is 3.84. The number of phenols is 1. The number of piperidine rings is 1. The van der Waals surface area contributed by atoms with Gasteiger partial charge in [0.2, 0.25) is 0 Å². The normalized spacial score (nSPS) is 21.6. The molecule has 0 spiro atoms. The third kappa shape index (κ3) is 4.01. The van der Waals surface area contributed by atoms with Crippen molar-refractivity contribution in [3.63, 3.8) is 0 Å². The van der Waals surface area contributed by atoms with Crippen LogP contribution >= 0.6 is 11.6 Å². The maximum atomic E-state index is 13.1. The van der Waals surface area contributed by atoms with E-state index in [2.05, 4.69) is 16.0 Å². The Morgan fingerprint density at radius 2 is 2.07 bits per heavy atom. The summed E-state index contributed by atoms with van der Waals surface area (Å²) < 4.78 is 31.6. The molecule has 1 saturated heterocycles. The van der Waals surface area contributed by atoms with E-state index in [-0.39, 0.29) is 21.6 Å². The molecule has 2 heterocycles. The van der Waals surface area contributed by atoms with Gasteiger partial charge in [-0.1, -0.05) is 11.6 Å². The number of hydrogen-bond acceptors (Lipinski definition) is 6. The lowest BCUT2D eigenvalue weighted by Crippen LogP contribution is -2.39. The van der Waals surface area contributed by atoms with Gasteiger partial charge in [-0.2, -0.15) is 0 Å². The van der Waals surface area contributed by atoms with Crippen LogP contribution in [0.4, 0.5) is 10.5 Å². The van der Waals surface area contributed by atoms with Gasteiger partial charge in [-0.3, -0.25) is 0 Å². The first-order valence-electron chi connectivity index (χ1n) is 9.98. The van der Waals surface area contributed by atoms with Crippen LogP contribution in [0.3, 0.4) is 0 Å². The highest BCUT2D eigenvalue weighted by Gasteiger charge is 2.34. The molecule has 2 unspecified atom stereocenters. The molecule has 1 fully saturated rings. The van der Waals surface area contributed by atoms with E-state index < -0.39 is 26.9 Å². The van der Waals surface area contributed by atoms with Gasteiger partial charge in [-0.05, 0) is 50.4 Å². The number of rotatable bonds is 4. The van der Waals surface area contributed by atoms with E-state index in [1.165, 1.54) is 12.1 Å². The second-order valence-electron chi connectivity index (χ2n) is 7.63. The highest BCUT2D eigenvalue weighted by Crippen LogP contribution is 2.39. The van der Waals surface area contributed by atoms with Crippen LogP contribution in [0.25, 0.3) is 0 Å². The van der Waals surface area contributed by atoms with Gasteiger partial charge in [-0.25, -0.2) is 13.2 Å². The number of phenolic OH excluding ortho intramolecular Hbond substituents is 1. The average Bonchev–Trinajstić information content (AvgIpc) is 3.21. The fourth-order valence-corrected chi connectivity index (χ4v) is 6.46. The summed E-state index contributed by atoms with van der Waals surface area (Å²) in [7, 11) is -3.87. The van der Waals surface area contributed by atoms with Crippen LogP contribution in [0.2, 0.25) is 5.02 Å². The standard InChI is InChI=1S/C20H24ClN3O5S/c21-14-6-7-16(18(25)19(14)30(27,28)12-3-2-9-22-11-12)24-20(26)23-15-4-1-5-17-13(15)8-10-29-17/h6-8,10,12,15,22,25H,1-5,9,11H2,(H2,23,24,26). The third-order valence-corrected chi connectivity index (χ3v) is 8.35. The predicted molar refractivity (Wildman–Crippen MR) is 113 cm³/mol. The van der Waals surface area contributed by atoms with Gasteiger partial charge in [0.1, 0.15) is 10.7 Å². The maximum Gasteiger partial charge on any atom is 0.319 e. The maximum absolute atomic E-state index is 13.1. The van der Waals surface area contributed by atoms with Crippen LogP contribution < -0.4 is 16.0 Å². The number of halogens is 1. The van der Waals surface area contributed by atoms with Gasteiger partial charge in [0, 0.05) is 18.5 Å². The number of aromatic hydroxyl groups is 1. The molecule has 1 aromatic heterocycles. The van der Waals surface area contributed by atoms with E-state index in [9.17, 15) is 18.3 Å². The summed E-state index contributed by atoms with van der Waals surface area (Å²) in [5.74, 6) is 0.311. The number of aryl methyl sites for hydroxylation is 1. The summed E-state index contributed by atoms with van der Waals surface area (Å²) in [6.07, 6.45) is 5.29. The van der Waals surface area contributed by atoms with Gasteiger partial charge in [0.05, 0.1) is 28.3 Å². The lowest BCUT2D eigenvalue weighted by atomic mass is 9.93. The molecular weight excluding hydrogens is 430 g/mol. The number of hydrogen-bond donors (Lipinski definition) is 4. The van der Waals surface area contributed by atoms with Crippen molar-refractivity contribution < 1.29 is 22.7 Å². The monoisotopic (exact) mass is 453 g/mol. The molecule has 162 valence electrons. The van der Waals surface area contributed by atoms with Crippen molar-refractivity contribution >= 4 is 33.2 Å². The molecule has 0 saturated carbocycles. The lowest BCUT2D eigenvalue weighted by molar-refractivity contribution is 0.246. The molecule has 4 rings (SSSR count). The zero-order valence-corrected chi connectivity index (χ0v) is 17.9. The molecule has 30 heavy (non-hydrogen) atoms. The van der Waals surface area contributed by atoms with Crippen molar-refractivity contribution in [3.05, 3.63) is 40.8 Å². The molecule has 2 aliphatic rings. The van der Waals surface area contributed by atoms with E-state index in [0.717, 1.165) is 43.6 Å². The molecule has 1 aromatic carbocycles. The van der Waals surface area contributed by atoms with Crippen LogP contribution in [0.5, 0.6) is 5.75 Å². The number of fused-ring (bicyclic) bond motifs is 1. The van der Waals surface area contributed by atoms with Crippen molar-refractivity contribution in [2.75, 3.05) is 18.4 Å². The Morgan fingerprint density at radius 3 is 2.83 bits per heavy atom. The molecule has 0 bridgehead atoms. The molecule has 4 N–H and O–H groups in total. The van der Waals surface area contributed by atoms with E-state index in [0.29, 0.717) is 13.0 Å². The number of nitrogens with one attached hydrogen (secondary N) is 3. The van der Waals surface area contributed by atoms with Gasteiger partial charge in [0.25, 0.3) is 0 Å². The quantitative estimate of drug-likeness (QED) is 0.527. The molecular formula is C20H24ClN3O5S. The highest BCUT2D eigenvalue weighted by molar-refractivity contribution is 7.92. The second-order valence-corrected chi connectivity index (χ2v) is 10.2. The van der Waals surface area contributed by atoms with E-state index >= 15 is 0 Å². The minimum absolute atomic E-state index is 0.0116. The highest BCUT2D eigenvalue weighted by atomic mass is 35.5. The van der Waals surface area contributed by atoms with E-state index in [1.54, 1.807) is 6.26 Å². The van der Waals surface area contributed by atoms with Crippen LogP contribution in [-0.4, -0.2) is 37.9 Å². The first-order chi connectivity index (χ1) is 14.4. The number of furan rings is 1. The van der Waals surface area contributed by atoms with E-state index in [1.807, 2.05) is 6.07 Å². The number of amides is 2. The zero-order chi connectivity index (χ0) is 21.3. The van der Waals surface area contributed by atoms with Gasteiger partial charge < -0.3 is 25.5 Å². The number of urea groups is 1. The minimum atomic E-state index is -3.87. The summed E-state index contributed by atoms with van der Waals surface area (Å²) in [5.41, 5.74) is 0.923. The Hall–Kier alpha value is -2.23. The second kappa shape index (κ2) is 8.49. The Kier molecular flexibility index (Phi) is 5.95. The molecule has 8 nitrogen and oxygen atoms in total. The third-order valence-electron chi connectivity index (χ3n) is 5.66. The van der Waals surface area contributed by atoms with Gasteiger partial charge >= 0.3 is 6.03 Å². The summed E-state index contributed by atoms with van der Waals surface area (Å²) >= 11 is 6.14. The largest absolute Gasteiger partial charge is 0.504 e. The fraction of sp³-hybridized carbons (Fsp3) is 0.450. The number of carbonyl (C=O) groups excluding carboxylic acids is 1. The number of sulfone groups is 1. The topological polar surface area (TPSA) is 121 Å². The van der Waals surface area contributed by atoms with Crippen molar-refractivity contribution in [2.45, 2.75) is 48.3 Å². The number of anilines is 1. The predicted octanol–water partition coefficient (Wildman–Crippen LogP) is 3.36. The molecule has 2 atom stereocenters. The van der Waals surface area contributed by atoms with Crippen molar-refractivity contribution in [2.24, 2.45) is 0 Å². The Morgan fingerprint density at radius 1 is 1.23 bits per heavy atom. The van der Waals surface area contributed by atoms with Crippen molar-refractivity contribution in [1.82, 2.24) is 10.6 Å². The molecule has 1 aliphatic carbocycles. The van der Waals surface area contributed by atoms with Gasteiger partial charge in [0.15, 0.2) is 15.6 Å². The minimum Gasteiger partial charge on any atom is -0.504 e. The Labute approximate surface area is 179 Å². The number of carbonyl (C=O) groups is 1. The first kappa shape index (κ1) is 21.0. The zero-order valence-electron chi connectivity index (χ0n) is 16.3. The smallest absolute Gasteiger partial charge is 0.319 e. The Balaban J connectivity index is 1.54. The lowest BCUT2D eigenvalue weighted by Gasteiger charge is -2.25. The van der Waals surface area contributed by atoms with Crippen LogP contribution in [0.1, 0.15) is 43.0 Å².